The zero-order chi connectivity index (χ0) is 13.5. The number of aromatic nitrogens is 1. The largest absolute Gasteiger partial charge is 0.385 e. The molecule has 0 bridgehead atoms. The second-order valence-electron chi connectivity index (χ2n) is 4.75. The van der Waals surface area contributed by atoms with E-state index in [1.54, 1.807) is 18.4 Å². The molecule has 1 N–H and O–H groups in total. The van der Waals surface area contributed by atoms with Gasteiger partial charge < -0.3 is 10.1 Å². The molecule has 0 aliphatic heterocycles. The third kappa shape index (κ3) is 4.27. The van der Waals surface area contributed by atoms with Crippen LogP contribution >= 0.6 is 11.3 Å². The van der Waals surface area contributed by atoms with Crippen LogP contribution < -0.4 is 5.32 Å². The minimum atomic E-state index is 0.333. The molecular formula is C15H22N2OS. The monoisotopic (exact) mass is 278 g/mol. The molecule has 2 rings (SSSR count). The molecule has 0 saturated heterocycles. The Labute approximate surface area is 119 Å². The SMILES string of the molecule is COCCCCCNC(C)c1nc2ccccc2s1. The van der Waals surface area contributed by atoms with E-state index >= 15 is 0 Å². The maximum Gasteiger partial charge on any atom is 0.111 e. The Hall–Kier alpha value is -0.970. The predicted molar refractivity (Wildman–Crippen MR) is 81.8 cm³/mol. The van der Waals surface area contributed by atoms with E-state index < -0.39 is 0 Å². The van der Waals surface area contributed by atoms with Gasteiger partial charge in [0.2, 0.25) is 0 Å². The van der Waals surface area contributed by atoms with Crippen molar-refractivity contribution in [2.45, 2.75) is 32.2 Å². The van der Waals surface area contributed by atoms with E-state index in [1.807, 2.05) is 6.07 Å². The molecule has 3 nitrogen and oxygen atoms in total. The number of hydrogen-bond acceptors (Lipinski definition) is 4. The molecule has 1 unspecified atom stereocenters. The number of nitrogens with zero attached hydrogens (tertiary/aromatic N) is 1. The van der Waals surface area contributed by atoms with Crippen molar-refractivity contribution in [2.24, 2.45) is 0 Å². The molecule has 1 aromatic heterocycles. The minimum absolute atomic E-state index is 0.333. The first-order chi connectivity index (χ1) is 9.31. The molecule has 0 aliphatic rings. The van der Waals surface area contributed by atoms with Crippen LogP contribution in [-0.4, -0.2) is 25.2 Å². The van der Waals surface area contributed by atoms with Crippen LogP contribution in [0.15, 0.2) is 24.3 Å². The molecule has 0 spiro atoms. The molecule has 1 heterocycles. The van der Waals surface area contributed by atoms with Crippen LogP contribution in [-0.2, 0) is 4.74 Å². The maximum absolute atomic E-state index is 5.04. The van der Waals surface area contributed by atoms with Crippen molar-refractivity contribution in [3.05, 3.63) is 29.3 Å². The van der Waals surface area contributed by atoms with Crippen molar-refractivity contribution in [3.63, 3.8) is 0 Å². The Balaban J connectivity index is 1.78. The van der Waals surface area contributed by atoms with Gasteiger partial charge in [0.1, 0.15) is 5.01 Å². The number of benzene rings is 1. The van der Waals surface area contributed by atoms with Crippen molar-refractivity contribution in [3.8, 4) is 0 Å². The second kappa shape index (κ2) is 7.58. The lowest BCUT2D eigenvalue weighted by Gasteiger charge is -2.10. The van der Waals surface area contributed by atoms with Crippen LogP contribution in [0, 0.1) is 0 Å². The quantitative estimate of drug-likeness (QED) is 0.746. The molecule has 1 aromatic carbocycles. The molecule has 104 valence electrons. The number of thiazole rings is 1. The summed E-state index contributed by atoms with van der Waals surface area (Å²) >= 11 is 1.78. The van der Waals surface area contributed by atoms with Gasteiger partial charge in [-0.05, 0) is 44.9 Å². The molecule has 4 heteroatoms. The van der Waals surface area contributed by atoms with Gasteiger partial charge in [0.05, 0.1) is 16.3 Å². The fourth-order valence-electron chi connectivity index (χ4n) is 2.03. The third-order valence-electron chi connectivity index (χ3n) is 3.16. The van der Waals surface area contributed by atoms with E-state index in [9.17, 15) is 0 Å². The van der Waals surface area contributed by atoms with E-state index in [0.29, 0.717) is 6.04 Å². The van der Waals surface area contributed by atoms with Crippen molar-refractivity contribution < 1.29 is 4.74 Å². The number of para-hydroxylation sites is 1. The van der Waals surface area contributed by atoms with E-state index in [1.165, 1.54) is 22.5 Å². The molecule has 19 heavy (non-hydrogen) atoms. The highest BCUT2D eigenvalue weighted by molar-refractivity contribution is 7.18. The predicted octanol–water partition coefficient (Wildman–Crippen LogP) is 3.76. The van der Waals surface area contributed by atoms with Crippen LogP contribution in [0.3, 0.4) is 0 Å². The van der Waals surface area contributed by atoms with Crippen molar-refractivity contribution in [2.75, 3.05) is 20.3 Å². The first-order valence-corrected chi connectivity index (χ1v) is 7.70. The average molecular weight is 278 g/mol. The fourth-order valence-corrected chi connectivity index (χ4v) is 3.02. The third-order valence-corrected chi connectivity index (χ3v) is 4.38. The maximum atomic E-state index is 5.04. The summed E-state index contributed by atoms with van der Waals surface area (Å²) in [6.45, 7) is 4.10. The number of fused-ring (bicyclic) bond motifs is 1. The van der Waals surface area contributed by atoms with Gasteiger partial charge in [0.15, 0.2) is 0 Å². The minimum Gasteiger partial charge on any atom is -0.385 e. The summed E-state index contributed by atoms with van der Waals surface area (Å²) < 4.78 is 6.31. The van der Waals surface area contributed by atoms with Gasteiger partial charge in [0, 0.05) is 13.7 Å². The molecule has 0 fully saturated rings. The second-order valence-corrected chi connectivity index (χ2v) is 5.81. The van der Waals surface area contributed by atoms with Crippen molar-refractivity contribution >= 4 is 21.6 Å². The first-order valence-electron chi connectivity index (χ1n) is 6.89. The lowest BCUT2D eigenvalue weighted by atomic mass is 10.2. The standard InChI is InChI=1S/C15H22N2OS/c1-12(16-10-6-3-7-11-18-2)15-17-13-8-4-5-9-14(13)19-15/h4-5,8-9,12,16H,3,6-7,10-11H2,1-2H3. The van der Waals surface area contributed by atoms with E-state index in [-0.39, 0.29) is 0 Å². The van der Waals surface area contributed by atoms with Crippen molar-refractivity contribution in [1.82, 2.24) is 10.3 Å². The Bertz CT molecular complexity index is 465. The molecular weight excluding hydrogens is 256 g/mol. The van der Waals surface area contributed by atoms with Gasteiger partial charge in [-0.3, -0.25) is 0 Å². The summed E-state index contributed by atoms with van der Waals surface area (Å²) in [5, 5.41) is 4.72. The van der Waals surface area contributed by atoms with Gasteiger partial charge in [-0.2, -0.15) is 0 Å². The summed E-state index contributed by atoms with van der Waals surface area (Å²) in [6, 6.07) is 8.65. The average Bonchev–Trinajstić information content (AvgIpc) is 2.86. The summed E-state index contributed by atoms with van der Waals surface area (Å²) in [6.07, 6.45) is 3.56. The van der Waals surface area contributed by atoms with E-state index in [2.05, 4.69) is 35.4 Å². The van der Waals surface area contributed by atoms with Gasteiger partial charge in [0.25, 0.3) is 0 Å². The summed E-state index contributed by atoms with van der Waals surface area (Å²) in [4.78, 5) is 4.68. The van der Waals surface area contributed by atoms with Crippen LogP contribution in [0.1, 0.15) is 37.2 Å². The van der Waals surface area contributed by atoms with E-state index in [4.69, 9.17) is 4.74 Å². The zero-order valence-electron chi connectivity index (χ0n) is 11.7. The lowest BCUT2D eigenvalue weighted by Crippen LogP contribution is -2.19. The number of nitrogens with one attached hydrogen (secondary N) is 1. The Morgan fingerprint density at radius 1 is 1.26 bits per heavy atom. The molecule has 0 amide bonds. The van der Waals surface area contributed by atoms with Gasteiger partial charge in [-0.25, -0.2) is 4.98 Å². The molecule has 1 atom stereocenters. The van der Waals surface area contributed by atoms with Gasteiger partial charge in [-0.15, -0.1) is 11.3 Å². The van der Waals surface area contributed by atoms with Gasteiger partial charge >= 0.3 is 0 Å². The normalized spacial score (nSPS) is 12.9. The highest BCUT2D eigenvalue weighted by Gasteiger charge is 2.10. The molecule has 2 aromatic rings. The fraction of sp³-hybridized carbons (Fsp3) is 0.533. The van der Waals surface area contributed by atoms with Crippen LogP contribution in [0.2, 0.25) is 0 Å². The number of hydrogen-bond donors (Lipinski definition) is 1. The van der Waals surface area contributed by atoms with E-state index in [0.717, 1.165) is 25.1 Å². The van der Waals surface area contributed by atoms with Crippen molar-refractivity contribution in [1.29, 1.82) is 0 Å². The first kappa shape index (κ1) is 14.4. The molecule has 0 aliphatic carbocycles. The van der Waals surface area contributed by atoms with Gasteiger partial charge in [-0.1, -0.05) is 12.1 Å². The topological polar surface area (TPSA) is 34.1 Å². The smallest absolute Gasteiger partial charge is 0.111 e. The summed E-state index contributed by atoms with van der Waals surface area (Å²) in [5.41, 5.74) is 1.11. The lowest BCUT2D eigenvalue weighted by molar-refractivity contribution is 0.192. The molecule has 0 saturated carbocycles. The zero-order valence-corrected chi connectivity index (χ0v) is 12.5. The highest BCUT2D eigenvalue weighted by Crippen LogP contribution is 2.25. The number of rotatable bonds is 8. The Morgan fingerprint density at radius 2 is 2.11 bits per heavy atom. The Morgan fingerprint density at radius 3 is 2.89 bits per heavy atom. The highest BCUT2D eigenvalue weighted by atomic mass is 32.1. The number of methoxy groups -OCH3 is 1. The summed E-state index contributed by atoms with van der Waals surface area (Å²) in [7, 11) is 1.76. The van der Waals surface area contributed by atoms with Crippen LogP contribution in [0.4, 0.5) is 0 Å². The number of unbranched alkanes of at least 4 members (excludes halogenated alkanes) is 2. The Kier molecular flexibility index (Phi) is 5.76. The molecule has 0 radical (unpaired) electrons. The van der Waals surface area contributed by atoms with Crippen LogP contribution in [0.25, 0.3) is 10.2 Å². The summed E-state index contributed by atoms with van der Waals surface area (Å²) in [5.74, 6) is 0. The van der Waals surface area contributed by atoms with Crippen LogP contribution in [0.5, 0.6) is 0 Å². The number of ether oxygens (including phenoxy) is 1.